The number of thiazole rings is 1. The highest BCUT2D eigenvalue weighted by molar-refractivity contribution is 7.13. The second-order valence-electron chi connectivity index (χ2n) is 3.00. The first-order valence-corrected chi connectivity index (χ1v) is 5.33. The van der Waals surface area contributed by atoms with E-state index in [1.807, 2.05) is 13.8 Å². The van der Waals surface area contributed by atoms with Crippen molar-refractivity contribution in [2.45, 2.75) is 33.6 Å². The number of hydrogen-bond acceptors (Lipinski definition) is 3. The average Bonchev–Trinajstić information content (AvgIpc) is 2.45. The van der Waals surface area contributed by atoms with E-state index >= 15 is 0 Å². The molecular formula is C11H13NOS. The van der Waals surface area contributed by atoms with Gasteiger partial charge in [-0.25, -0.2) is 4.98 Å². The number of Topliss-reactive ketones (excluding diaryl/α,β-unsaturated/α-hetero) is 1. The van der Waals surface area contributed by atoms with Gasteiger partial charge in [-0.1, -0.05) is 0 Å². The maximum atomic E-state index is 11.7. The van der Waals surface area contributed by atoms with Gasteiger partial charge in [-0.2, -0.15) is 0 Å². The minimum Gasteiger partial charge on any atom is -0.293 e. The summed E-state index contributed by atoms with van der Waals surface area (Å²) in [5.41, 5.74) is 0.849. The molecule has 0 N–H and O–H groups in total. The van der Waals surface area contributed by atoms with Crippen LogP contribution < -0.4 is 0 Å². The normalized spacial score (nSPS) is 9.36. The van der Waals surface area contributed by atoms with E-state index in [4.69, 9.17) is 0 Å². The second kappa shape index (κ2) is 4.92. The molecule has 0 aliphatic rings. The molecule has 0 bridgehead atoms. The third-order valence-corrected chi connectivity index (χ3v) is 2.92. The van der Waals surface area contributed by atoms with Crippen molar-refractivity contribution in [1.29, 1.82) is 0 Å². The van der Waals surface area contributed by atoms with Crippen molar-refractivity contribution in [3.63, 3.8) is 0 Å². The van der Waals surface area contributed by atoms with Crippen LogP contribution in [0.25, 0.3) is 0 Å². The van der Waals surface area contributed by atoms with Gasteiger partial charge in [-0.15, -0.1) is 23.2 Å². The van der Waals surface area contributed by atoms with Crippen LogP contribution in [0.3, 0.4) is 0 Å². The van der Waals surface area contributed by atoms with Gasteiger partial charge < -0.3 is 0 Å². The summed E-state index contributed by atoms with van der Waals surface area (Å²) < 4.78 is 0. The molecule has 2 nitrogen and oxygen atoms in total. The number of aromatic nitrogens is 1. The molecule has 14 heavy (non-hydrogen) atoms. The third-order valence-electron chi connectivity index (χ3n) is 1.81. The molecule has 0 saturated heterocycles. The van der Waals surface area contributed by atoms with Gasteiger partial charge in [0.15, 0.2) is 5.78 Å². The maximum absolute atomic E-state index is 11.7. The molecule has 0 radical (unpaired) electrons. The number of rotatable bonds is 3. The SMILES string of the molecule is CC#CCCC(=O)c1sc(C)nc1C. The lowest BCUT2D eigenvalue weighted by atomic mass is 10.2. The second-order valence-corrected chi connectivity index (χ2v) is 4.20. The predicted molar refractivity (Wildman–Crippen MR) is 58.6 cm³/mol. The number of carbonyl (C=O) groups excluding carboxylic acids is 1. The Balaban J connectivity index is 2.68. The van der Waals surface area contributed by atoms with E-state index in [9.17, 15) is 4.79 Å². The highest BCUT2D eigenvalue weighted by atomic mass is 32.1. The minimum atomic E-state index is 0.163. The van der Waals surface area contributed by atoms with Crippen LogP contribution in [-0.4, -0.2) is 10.8 Å². The van der Waals surface area contributed by atoms with Gasteiger partial charge in [0.05, 0.1) is 15.6 Å². The molecule has 3 heteroatoms. The zero-order valence-corrected chi connectivity index (χ0v) is 9.49. The predicted octanol–water partition coefficient (Wildman–Crippen LogP) is 2.75. The van der Waals surface area contributed by atoms with Crippen LogP contribution >= 0.6 is 11.3 Å². The highest BCUT2D eigenvalue weighted by Gasteiger charge is 2.12. The Hall–Kier alpha value is -1.14. The van der Waals surface area contributed by atoms with E-state index in [0.29, 0.717) is 12.8 Å². The largest absolute Gasteiger partial charge is 0.293 e. The van der Waals surface area contributed by atoms with Crippen molar-refractivity contribution < 1.29 is 4.79 Å². The fraction of sp³-hybridized carbons (Fsp3) is 0.455. The Labute approximate surface area is 88.4 Å². The lowest BCUT2D eigenvalue weighted by Crippen LogP contribution is -1.97. The van der Waals surface area contributed by atoms with Gasteiger partial charge in [0.25, 0.3) is 0 Å². The molecule has 1 aromatic heterocycles. The third kappa shape index (κ3) is 2.68. The topological polar surface area (TPSA) is 30.0 Å². The first kappa shape index (κ1) is 10.9. The van der Waals surface area contributed by atoms with E-state index in [-0.39, 0.29) is 5.78 Å². The Kier molecular flexibility index (Phi) is 3.84. The molecule has 1 heterocycles. The van der Waals surface area contributed by atoms with Crippen molar-refractivity contribution in [2.75, 3.05) is 0 Å². The Bertz CT molecular complexity index is 395. The molecule has 0 spiro atoms. The van der Waals surface area contributed by atoms with Crippen LogP contribution in [0.4, 0.5) is 0 Å². The zero-order chi connectivity index (χ0) is 10.6. The summed E-state index contributed by atoms with van der Waals surface area (Å²) in [6.45, 7) is 5.58. The molecular weight excluding hydrogens is 194 g/mol. The van der Waals surface area contributed by atoms with Crippen LogP contribution in [0.2, 0.25) is 0 Å². The number of carbonyl (C=O) groups is 1. The summed E-state index contributed by atoms with van der Waals surface area (Å²) in [6.07, 6.45) is 1.15. The summed E-state index contributed by atoms with van der Waals surface area (Å²) in [6, 6.07) is 0. The van der Waals surface area contributed by atoms with Crippen molar-refractivity contribution in [3.05, 3.63) is 15.6 Å². The Morgan fingerprint density at radius 2 is 2.21 bits per heavy atom. The van der Waals surface area contributed by atoms with Gasteiger partial charge in [0.1, 0.15) is 0 Å². The molecule has 0 aromatic carbocycles. The number of hydrogen-bond donors (Lipinski definition) is 0. The van der Waals surface area contributed by atoms with Crippen molar-refractivity contribution in [3.8, 4) is 11.8 Å². The Morgan fingerprint density at radius 1 is 1.50 bits per heavy atom. The van der Waals surface area contributed by atoms with Gasteiger partial charge in [0, 0.05) is 12.8 Å². The van der Waals surface area contributed by atoms with Crippen molar-refractivity contribution >= 4 is 17.1 Å². The van der Waals surface area contributed by atoms with E-state index in [2.05, 4.69) is 16.8 Å². The van der Waals surface area contributed by atoms with E-state index in [0.717, 1.165) is 15.6 Å². The summed E-state index contributed by atoms with van der Waals surface area (Å²) in [4.78, 5) is 16.7. The van der Waals surface area contributed by atoms with Crippen LogP contribution in [0.5, 0.6) is 0 Å². The minimum absolute atomic E-state index is 0.163. The van der Waals surface area contributed by atoms with Crippen LogP contribution in [0.1, 0.15) is 40.1 Å². The number of aryl methyl sites for hydroxylation is 2. The smallest absolute Gasteiger partial charge is 0.175 e. The molecule has 0 fully saturated rings. The van der Waals surface area contributed by atoms with E-state index < -0.39 is 0 Å². The standard InChI is InChI=1S/C11H13NOS/c1-4-5-6-7-10(13)11-8(2)12-9(3)14-11/h6-7H2,1-3H3. The fourth-order valence-corrected chi connectivity index (χ4v) is 2.09. The lowest BCUT2D eigenvalue weighted by molar-refractivity contribution is 0.0987. The van der Waals surface area contributed by atoms with Crippen LogP contribution in [0, 0.1) is 25.7 Å². The monoisotopic (exact) mass is 207 g/mol. The summed E-state index contributed by atoms with van der Waals surface area (Å²) >= 11 is 1.47. The molecule has 74 valence electrons. The highest BCUT2D eigenvalue weighted by Crippen LogP contribution is 2.19. The maximum Gasteiger partial charge on any atom is 0.175 e. The number of ketones is 1. The van der Waals surface area contributed by atoms with E-state index in [1.165, 1.54) is 11.3 Å². The summed E-state index contributed by atoms with van der Waals surface area (Å²) in [5.74, 6) is 5.83. The van der Waals surface area contributed by atoms with Gasteiger partial charge in [0.2, 0.25) is 0 Å². The fourth-order valence-electron chi connectivity index (χ4n) is 1.20. The number of nitrogens with zero attached hydrogens (tertiary/aromatic N) is 1. The van der Waals surface area contributed by atoms with Crippen LogP contribution in [-0.2, 0) is 0 Å². The van der Waals surface area contributed by atoms with Gasteiger partial charge in [-0.3, -0.25) is 4.79 Å². The first-order chi connectivity index (χ1) is 6.65. The van der Waals surface area contributed by atoms with Crippen molar-refractivity contribution in [1.82, 2.24) is 4.98 Å². The van der Waals surface area contributed by atoms with Gasteiger partial charge in [-0.05, 0) is 20.8 Å². The van der Waals surface area contributed by atoms with Crippen LogP contribution in [0.15, 0.2) is 0 Å². The molecule has 0 amide bonds. The van der Waals surface area contributed by atoms with Gasteiger partial charge >= 0.3 is 0 Å². The summed E-state index contributed by atoms with van der Waals surface area (Å²) in [5, 5.41) is 0.951. The molecule has 1 aromatic rings. The molecule has 0 aliphatic carbocycles. The molecule has 0 unspecified atom stereocenters. The van der Waals surface area contributed by atoms with E-state index in [1.54, 1.807) is 6.92 Å². The average molecular weight is 207 g/mol. The van der Waals surface area contributed by atoms with Crippen molar-refractivity contribution in [2.24, 2.45) is 0 Å². The lowest BCUT2D eigenvalue weighted by Gasteiger charge is -1.93. The molecule has 0 atom stereocenters. The molecule has 1 rings (SSSR count). The zero-order valence-electron chi connectivity index (χ0n) is 8.68. The molecule has 0 aliphatic heterocycles. The quantitative estimate of drug-likeness (QED) is 0.563. The first-order valence-electron chi connectivity index (χ1n) is 4.52. The summed E-state index contributed by atoms with van der Waals surface area (Å²) in [7, 11) is 0. The Morgan fingerprint density at radius 3 is 2.71 bits per heavy atom. The molecule has 0 saturated carbocycles.